The summed E-state index contributed by atoms with van der Waals surface area (Å²) in [5.74, 6) is -2.78. The number of amides is 4. The lowest BCUT2D eigenvalue weighted by Crippen LogP contribution is -2.76. The smallest absolute Gasteiger partial charge is 0.418 e. The van der Waals surface area contributed by atoms with Crippen molar-refractivity contribution in [2.75, 3.05) is 25.0 Å². The number of thiazole rings is 1. The molecule has 386 valence electrons. The maximum Gasteiger partial charge on any atom is 0.418 e. The van der Waals surface area contributed by atoms with Crippen molar-refractivity contribution in [2.45, 2.75) is 110 Å². The number of carbonyl (C=O) groups is 5. The predicted octanol–water partition coefficient (Wildman–Crippen LogP) is 6.06. The van der Waals surface area contributed by atoms with E-state index in [2.05, 4.69) is 30.4 Å². The fourth-order valence-electron chi connectivity index (χ4n) is 7.25. The summed E-state index contributed by atoms with van der Waals surface area (Å²) >= 11 is 0.941. The normalized spacial score (nSPS) is 17.3. The Bertz CT molecular complexity index is 2740. The number of amidine groups is 1. The van der Waals surface area contributed by atoms with Crippen LogP contribution in [0.15, 0.2) is 90.1 Å². The topological polar surface area (TPSA) is 287 Å². The molecule has 24 heteroatoms. The average molecular weight is 1040 g/mol. The number of likely N-dealkylation sites (tertiary alicyclic amines) is 1. The van der Waals surface area contributed by atoms with Crippen molar-refractivity contribution in [1.82, 2.24) is 25.6 Å². The Kier molecular flexibility index (Phi) is 16.6. The highest BCUT2D eigenvalue weighted by Crippen LogP contribution is 2.34. The van der Waals surface area contributed by atoms with Crippen LogP contribution in [0.5, 0.6) is 5.75 Å². The van der Waals surface area contributed by atoms with Gasteiger partial charge in [0.2, 0.25) is 0 Å². The minimum absolute atomic E-state index is 0.0179. The van der Waals surface area contributed by atoms with Crippen molar-refractivity contribution in [3.05, 3.63) is 112 Å². The van der Waals surface area contributed by atoms with Gasteiger partial charge in [-0.3, -0.25) is 24.9 Å². The molecule has 2 saturated heterocycles. The molecule has 2 aliphatic heterocycles. The SMILES string of the molecule is Cc1sc(NC(=O)OC(C)(C)C)nc1/C(=N/O[C@@H](COc1ccc(C(=N)N[C@@H]2CCN(C(=O)OC(C)(C)C)C2)cc1)C(=O)OC(c1ccccc1)c1ccccc1)C(=O)N[C@@H]1C(=O)N(OS(=O)(=O)O)C1(C)C. The van der Waals surface area contributed by atoms with Gasteiger partial charge in [0.1, 0.15) is 41.1 Å². The molecule has 3 heterocycles. The number of β-lactam (4-membered cyclic amide) rings is 1. The first-order valence-electron chi connectivity index (χ1n) is 22.6. The van der Waals surface area contributed by atoms with E-state index < -0.39 is 87.7 Å². The second kappa shape index (κ2) is 22.1. The molecule has 3 aromatic carbocycles. The zero-order chi connectivity index (χ0) is 52.8. The number of hydroxylamine groups is 2. The lowest BCUT2D eigenvalue weighted by Gasteiger charge is -2.50. The van der Waals surface area contributed by atoms with E-state index in [-0.39, 0.29) is 28.5 Å². The van der Waals surface area contributed by atoms with Gasteiger partial charge in [0.05, 0.1) is 5.54 Å². The quantitative estimate of drug-likeness (QED) is 0.0153. The molecule has 1 aromatic heterocycles. The minimum Gasteiger partial charge on any atom is -0.489 e. The van der Waals surface area contributed by atoms with Gasteiger partial charge in [0, 0.05) is 29.6 Å². The Morgan fingerprint density at radius 3 is 2.07 bits per heavy atom. The van der Waals surface area contributed by atoms with Crippen LogP contribution in [0, 0.1) is 12.3 Å². The Morgan fingerprint density at radius 1 is 0.917 bits per heavy atom. The van der Waals surface area contributed by atoms with Crippen LogP contribution in [0.2, 0.25) is 0 Å². The number of rotatable bonds is 17. The Morgan fingerprint density at radius 2 is 1.51 bits per heavy atom. The zero-order valence-corrected chi connectivity index (χ0v) is 42.7. The largest absolute Gasteiger partial charge is 0.489 e. The maximum absolute atomic E-state index is 14.4. The molecule has 0 bridgehead atoms. The highest BCUT2D eigenvalue weighted by atomic mass is 32.3. The number of nitrogens with one attached hydrogen (secondary N) is 4. The fourth-order valence-corrected chi connectivity index (χ4v) is 8.51. The summed E-state index contributed by atoms with van der Waals surface area (Å²) in [5, 5.41) is 21.4. The molecular weight excluding hydrogens is 977 g/mol. The molecule has 2 aliphatic rings. The second-order valence-corrected chi connectivity index (χ2v) is 21.4. The van der Waals surface area contributed by atoms with E-state index in [0.717, 1.165) is 11.3 Å². The molecule has 0 aliphatic carbocycles. The molecule has 0 saturated carbocycles. The van der Waals surface area contributed by atoms with E-state index in [1.165, 1.54) is 13.8 Å². The summed E-state index contributed by atoms with van der Waals surface area (Å²) in [6, 6.07) is 22.6. The first kappa shape index (κ1) is 54.2. The van der Waals surface area contributed by atoms with Gasteiger partial charge in [0.15, 0.2) is 16.9 Å². The summed E-state index contributed by atoms with van der Waals surface area (Å²) in [6.07, 6.45) is -3.33. The number of nitrogens with zero attached hydrogens (tertiary/aromatic N) is 4. The number of anilines is 1. The van der Waals surface area contributed by atoms with Crippen LogP contribution in [0.3, 0.4) is 0 Å². The Balaban J connectivity index is 1.28. The second-order valence-electron chi connectivity index (χ2n) is 19.2. The van der Waals surface area contributed by atoms with Crippen molar-refractivity contribution in [3.8, 4) is 5.75 Å². The number of esters is 1. The lowest BCUT2D eigenvalue weighted by molar-refractivity contribution is -0.218. The number of ether oxygens (including phenoxy) is 4. The van der Waals surface area contributed by atoms with Crippen LogP contribution < -0.4 is 20.7 Å². The van der Waals surface area contributed by atoms with Crippen LogP contribution in [0.4, 0.5) is 14.7 Å². The molecule has 3 atom stereocenters. The molecule has 0 unspecified atom stereocenters. The van der Waals surface area contributed by atoms with E-state index in [1.807, 2.05) is 0 Å². The number of benzene rings is 3. The summed E-state index contributed by atoms with van der Waals surface area (Å²) in [6.45, 7) is 14.9. The Hall–Kier alpha value is -7.15. The number of hydrogen-bond acceptors (Lipinski definition) is 17. The molecule has 0 radical (unpaired) electrons. The van der Waals surface area contributed by atoms with Gasteiger partial charge in [-0.1, -0.05) is 65.8 Å². The molecule has 22 nitrogen and oxygen atoms in total. The highest BCUT2D eigenvalue weighted by Gasteiger charge is 2.58. The van der Waals surface area contributed by atoms with Gasteiger partial charge in [-0.05, 0) is 104 Å². The minimum atomic E-state index is -5.13. The van der Waals surface area contributed by atoms with Crippen molar-refractivity contribution < 1.29 is 65.0 Å². The monoisotopic (exact) mass is 1030 g/mol. The summed E-state index contributed by atoms with van der Waals surface area (Å²) in [5.41, 5.74) is -2.07. The van der Waals surface area contributed by atoms with E-state index in [4.69, 9.17) is 29.2 Å². The van der Waals surface area contributed by atoms with Crippen molar-refractivity contribution in [2.24, 2.45) is 5.16 Å². The van der Waals surface area contributed by atoms with Gasteiger partial charge >= 0.3 is 28.6 Å². The van der Waals surface area contributed by atoms with Gasteiger partial charge in [-0.2, -0.15) is 13.5 Å². The number of aryl methyl sites for hydroxylation is 1. The molecule has 2 fully saturated rings. The van der Waals surface area contributed by atoms with Crippen LogP contribution >= 0.6 is 11.3 Å². The number of aromatic nitrogens is 1. The van der Waals surface area contributed by atoms with E-state index in [9.17, 15) is 36.9 Å². The van der Waals surface area contributed by atoms with E-state index in [0.29, 0.717) is 46.1 Å². The third-order valence-electron chi connectivity index (χ3n) is 10.7. The summed E-state index contributed by atoms with van der Waals surface area (Å²) < 4.78 is 59.8. The molecule has 6 rings (SSSR count). The molecular formula is C48H58N8O14S2. The zero-order valence-electron chi connectivity index (χ0n) is 41.1. The van der Waals surface area contributed by atoms with Crippen LogP contribution in [0.1, 0.15) is 95.2 Å². The molecule has 4 amide bonds. The lowest BCUT2D eigenvalue weighted by atomic mass is 9.84. The first-order valence-corrected chi connectivity index (χ1v) is 24.8. The summed E-state index contributed by atoms with van der Waals surface area (Å²) in [4.78, 5) is 79.4. The molecule has 4 aromatic rings. The van der Waals surface area contributed by atoms with Crippen LogP contribution in [-0.4, -0.2) is 124 Å². The third-order valence-corrected chi connectivity index (χ3v) is 11.9. The standard InChI is InChI=1S/C48H58N8O14S2/c1-28-35(51-43(71-28)53-44(60)67-46(2,3)4)36(40(57)52-38-41(58)56(48(38,8)9)70-72(62,63)64)54-69-34(42(59)66-37(29-16-12-10-13-17-29)30-18-14-11-15-19-30)27-65-33-22-20-31(21-23-33)39(49)50-32-24-25-55(26-32)45(61)68-47(5,6)7/h10-23,32,34,37-38H,24-27H2,1-9H3,(H2,49,50)(H,52,57)(H,51,53,60)(H,62,63,64)/b54-36-/t32-,34+,38-/m1/s1. The van der Waals surface area contributed by atoms with Gasteiger partial charge in [-0.15, -0.1) is 15.6 Å². The van der Waals surface area contributed by atoms with Gasteiger partial charge in [-0.25, -0.2) is 19.4 Å². The first-order chi connectivity index (χ1) is 33.7. The van der Waals surface area contributed by atoms with E-state index in [1.54, 1.807) is 138 Å². The predicted molar refractivity (Wildman–Crippen MR) is 263 cm³/mol. The van der Waals surface area contributed by atoms with Crippen LogP contribution in [-0.2, 0) is 48.1 Å². The summed E-state index contributed by atoms with van der Waals surface area (Å²) in [7, 11) is -5.13. The van der Waals surface area contributed by atoms with Gasteiger partial charge in [0.25, 0.3) is 17.9 Å². The molecule has 72 heavy (non-hydrogen) atoms. The average Bonchev–Trinajstić information content (AvgIpc) is 3.92. The van der Waals surface area contributed by atoms with Gasteiger partial charge < -0.3 is 39.3 Å². The fraction of sp³-hybridized carbons (Fsp3) is 0.417. The molecule has 5 N–H and O–H groups in total. The van der Waals surface area contributed by atoms with E-state index >= 15 is 0 Å². The highest BCUT2D eigenvalue weighted by molar-refractivity contribution is 7.80. The molecule has 0 spiro atoms. The van der Waals surface area contributed by atoms with Crippen LogP contribution in [0.25, 0.3) is 0 Å². The van der Waals surface area contributed by atoms with Crippen molar-refractivity contribution in [3.63, 3.8) is 0 Å². The number of carbonyl (C=O) groups excluding carboxylic acids is 5. The van der Waals surface area contributed by atoms with Crippen molar-refractivity contribution in [1.29, 1.82) is 5.41 Å². The third kappa shape index (κ3) is 14.5. The van der Waals surface area contributed by atoms with Crippen molar-refractivity contribution >= 4 is 68.4 Å². The Labute approximate surface area is 420 Å². The maximum atomic E-state index is 14.4. The number of hydrogen-bond donors (Lipinski definition) is 5. The number of oxime groups is 1.